The molecule has 8 heteroatoms. The predicted molar refractivity (Wildman–Crippen MR) is 109 cm³/mol. The van der Waals surface area contributed by atoms with E-state index >= 15 is 0 Å². The smallest absolute Gasteiger partial charge is 0.271 e. The lowest BCUT2D eigenvalue weighted by Gasteiger charge is -2.05. The molecule has 0 bridgehead atoms. The Morgan fingerprint density at radius 1 is 1.24 bits per heavy atom. The standard InChI is InChI=1S/C21H15ClN4O3/c1-29-17-5-2-14(3-6-17)18-8-13(9-20(22)25-18)12-24-26-21(28)15-4-7-19(27)16(10-15)11-23/h2-10,12,27H,1H3,(H,26,28). The number of aromatic nitrogens is 1. The quantitative estimate of drug-likeness (QED) is 0.381. The van der Waals surface area contributed by atoms with E-state index in [2.05, 4.69) is 15.5 Å². The second-order valence-electron chi connectivity index (χ2n) is 5.88. The van der Waals surface area contributed by atoms with E-state index in [1.807, 2.05) is 30.3 Å². The van der Waals surface area contributed by atoms with Crippen LogP contribution in [0.4, 0.5) is 0 Å². The molecule has 3 rings (SSSR count). The number of nitriles is 1. The van der Waals surface area contributed by atoms with Crippen LogP contribution in [0, 0.1) is 11.3 Å². The molecule has 0 unspecified atom stereocenters. The van der Waals surface area contributed by atoms with Crippen molar-refractivity contribution in [1.29, 1.82) is 5.26 Å². The third kappa shape index (κ3) is 4.89. The van der Waals surface area contributed by atoms with Gasteiger partial charge in [-0.3, -0.25) is 4.79 Å². The molecule has 3 aromatic rings. The number of methoxy groups -OCH3 is 1. The summed E-state index contributed by atoms with van der Waals surface area (Å²) in [7, 11) is 1.59. The van der Waals surface area contributed by atoms with Crippen LogP contribution in [0.1, 0.15) is 21.5 Å². The molecule has 0 saturated carbocycles. The van der Waals surface area contributed by atoms with Gasteiger partial charge in [0, 0.05) is 11.1 Å². The number of aromatic hydroxyl groups is 1. The third-order valence-corrected chi connectivity index (χ3v) is 4.15. The average molecular weight is 407 g/mol. The maximum atomic E-state index is 12.2. The number of hydrogen-bond donors (Lipinski definition) is 2. The number of rotatable bonds is 5. The van der Waals surface area contributed by atoms with Gasteiger partial charge in [-0.25, -0.2) is 10.4 Å². The van der Waals surface area contributed by atoms with Crippen LogP contribution < -0.4 is 10.2 Å². The topological polar surface area (TPSA) is 108 Å². The number of carbonyl (C=O) groups is 1. The van der Waals surface area contributed by atoms with Crippen LogP contribution in [-0.4, -0.2) is 29.3 Å². The fourth-order valence-electron chi connectivity index (χ4n) is 2.50. The highest BCUT2D eigenvalue weighted by Gasteiger charge is 2.09. The second kappa shape index (κ2) is 8.87. The van der Waals surface area contributed by atoms with Crippen LogP contribution >= 0.6 is 11.6 Å². The maximum absolute atomic E-state index is 12.2. The molecule has 0 aliphatic heterocycles. The van der Waals surface area contributed by atoms with E-state index in [-0.39, 0.29) is 22.0 Å². The fourth-order valence-corrected chi connectivity index (χ4v) is 2.71. The Hall–Kier alpha value is -3.89. The van der Waals surface area contributed by atoms with Crippen molar-refractivity contribution in [2.75, 3.05) is 7.11 Å². The Morgan fingerprint density at radius 3 is 2.69 bits per heavy atom. The van der Waals surface area contributed by atoms with Gasteiger partial charge in [-0.05, 0) is 60.2 Å². The minimum Gasteiger partial charge on any atom is -0.507 e. The van der Waals surface area contributed by atoms with E-state index in [1.54, 1.807) is 19.2 Å². The highest BCUT2D eigenvalue weighted by atomic mass is 35.5. The molecule has 144 valence electrons. The van der Waals surface area contributed by atoms with Crippen molar-refractivity contribution < 1.29 is 14.6 Å². The number of carbonyl (C=O) groups excluding carboxylic acids is 1. The van der Waals surface area contributed by atoms with Crippen LogP contribution in [0.25, 0.3) is 11.3 Å². The van der Waals surface area contributed by atoms with Gasteiger partial charge in [-0.1, -0.05) is 11.6 Å². The molecule has 7 nitrogen and oxygen atoms in total. The highest BCUT2D eigenvalue weighted by Crippen LogP contribution is 2.23. The number of nitrogens with one attached hydrogen (secondary N) is 1. The maximum Gasteiger partial charge on any atom is 0.271 e. The number of ether oxygens (including phenoxy) is 1. The number of phenolic OH excluding ortho intramolecular Hbond substituents is 1. The minimum absolute atomic E-state index is 0.00618. The first-order chi connectivity index (χ1) is 14.0. The summed E-state index contributed by atoms with van der Waals surface area (Å²) >= 11 is 6.10. The third-order valence-electron chi connectivity index (χ3n) is 3.96. The molecule has 0 fully saturated rings. The number of hydrazone groups is 1. The summed E-state index contributed by atoms with van der Waals surface area (Å²) in [6.07, 6.45) is 1.43. The number of nitrogens with zero attached hydrogens (tertiary/aromatic N) is 3. The first-order valence-electron chi connectivity index (χ1n) is 8.38. The van der Waals surface area contributed by atoms with Gasteiger partial charge >= 0.3 is 0 Å². The lowest BCUT2D eigenvalue weighted by atomic mass is 10.1. The predicted octanol–water partition coefficient (Wildman–Crippen LogP) is 3.75. The number of benzene rings is 2. The summed E-state index contributed by atoms with van der Waals surface area (Å²) in [4.78, 5) is 16.5. The molecule has 0 aliphatic carbocycles. The highest BCUT2D eigenvalue weighted by molar-refractivity contribution is 6.29. The zero-order chi connectivity index (χ0) is 20.8. The molecule has 0 atom stereocenters. The lowest BCUT2D eigenvalue weighted by molar-refractivity contribution is 0.0955. The number of phenols is 1. The van der Waals surface area contributed by atoms with Gasteiger partial charge in [0.2, 0.25) is 0 Å². The van der Waals surface area contributed by atoms with E-state index in [9.17, 15) is 9.90 Å². The van der Waals surface area contributed by atoms with Crippen LogP contribution in [-0.2, 0) is 0 Å². The molecule has 0 saturated heterocycles. The van der Waals surface area contributed by atoms with Crippen molar-refractivity contribution in [1.82, 2.24) is 10.4 Å². The number of hydrogen-bond acceptors (Lipinski definition) is 6. The zero-order valence-electron chi connectivity index (χ0n) is 15.3. The summed E-state index contributed by atoms with van der Waals surface area (Å²) in [5, 5.41) is 22.6. The Kier molecular flexibility index (Phi) is 6.07. The molecule has 0 aliphatic rings. The molecule has 0 radical (unpaired) electrons. The summed E-state index contributed by atoms with van der Waals surface area (Å²) in [5.74, 6) is 0.0207. The number of pyridine rings is 1. The molecular formula is C21H15ClN4O3. The molecule has 2 N–H and O–H groups in total. The molecule has 0 spiro atoms. The van der Waals surface area contributed by atoms with Crippen LogP contribution in [0.15, 0.2) is 59.7 Å². The largest absolute Gasteiger partial charge is 0.507 e. The molecule has 1 heterocycles. The van der Waals surface area contributed by atoms with Crippen molar-refractivity contribution in [2.45, 2.75) is 0 Å². The summed E-state index contributed by atoms with van der Waals surface area (Å²) in [6, 6.07) is 16.5. The van der Waals surface area contributed by atoms with Gasteiger partial charge in [-0.2, -0.15) is 10.4 Å². The van der Waals surface area contributed by atoms with Crippen molar-refractivity contribution >= 4 is 23.7 Å². The van der Waals surface area contributed by atoms with Crippen molar-refractivity contribution in [3.8, 4) is 28.8 Å². The summed E-state index contributed by atoms with van der Waals surface area (Å²) in [5.41, 5.74) is 4.70. The van der Waals surface area contributed by atoms with Gasteiger partial charge in [0.1, 0.15) is 22.7 Å². The molecule has 1 aromatic heterocycles. The Balaban J connectivity index is 1.76. The van der Waals surface area contributed by atoms with E-state index in [1.165, 1.54) is 24.4 Å². The fraction of sp³-hybridized carbons (Fsp3) is 0.0476. The van der Waals surface area contributed by atoms with Crippen LogP contribution in [0.5, 0.6) is 11.5 Å². The minimum atomic E-state index is -0.520. The second-order valence-corrected chi connectivity index (χ2v) is 6.27. The van der Waals surface area contributed by atoms with Crippen LogP contribution in [0.2, 0.25) is 5.15 Å². The Labute approximate surface area is 171 Å². The van der Waals surface area contributed by atoms with E-state index in [4.69, 9.17) is 21.6 Å². The first-order valence-corrected chi connectivity index (χ1v) is 8.76. The van der Waals surface area contributed by atoms with Crippen molar-refractivity contribution in [3.63, 3.8) is 0 Å². The summed E-state index contributed by atoms with van der Waals surface area (Å²) in [6.45, 7) is 0. The van der Waals surface area contributed by atoms with Crippen molar-refractivity contribution in [2.24, 2.45) is 5.10 Å². The first kappa shape index (κ1) is 19.9. The normalized spacial score (nSPS) is 10.5. The van der Waals surface area contributed by atoms with Gasteiger partial charge in [0.15, 0.2) is 0 Å². The van der Waals surface area contributed by atoms with E-state index < -0.39 is 5.91 Å². The summed E-state index contributed by atoms with van der Waals surface area (Å²) < 4.78 is 5.15. The Morgan fingerprint density at radius 2 is 2.00 bits per heavy atom. The van der Waals surface area contributed by atoms with Gasteiger partial charge in [0.25, 0.3) is 5.91 Å². The molecule has 2 aromatic carbocycles. The molecular weight excluding hydrogens is 392 g/mol. The van der Waals surface area contributed by atoms with E-state index in [0.29, 0.717) is 11.3 Å². The SMILES string of the molecule is COc1ccc(-c2cc(C=NNC(=O)c3ccc(O)c(C#N)c3)cc(Cl)n2)cc1. The van der Waals surface area contributed by atoms with Gasteiger partial charge in [-0.15, -0.1) is 0 Å². The van der Waals surface area contributed by atoms with Crippen molar-refractivity contribution in [3.05, 3.63) is 76.4 Å². The monoisotopic (exact) mass is 406 g/mol. The zero-order valence-corrected chi connectivity index (χ0v) is 16.0. The average Bonchev–Trinajstić information content (AvgIpc) is 2.73. The van der Waals surface area contributed by atoms with Crippen LogP contribution in [0.3, 0.4) is 0 Å². The van der Waals surface area contributed by atoms with E-state index in [0.717, 1.165) is 11.3 Å². The molecule has 29 heavy (non-hydrogen) atoms. The lowest BCUT2D eigenvalue weighted by Crippen LogP contribution is -2.17. The number of halogens is 1. The van der Waals surface area contributed by atoms with Gasteiger partial charge < -0.3 is 9.84 Å². The van der Waals surface area contributed by atoms with Gasteiger partial charge in [0.05, 0.1) is 24.6 Å². The molecule has 1 amide bonds. The number of amides is 1. The Bertz CT molecular complexity index is 1120.